The van der Waals surface area contributed by atoms with Crippen molar-refractivity contribution in [1.29, 1.82) is 0 Å². The van der Waals surface area contributed by atoms with E-state index in [2.05, 4.69) is 15.0 Å². The fourth-order valence-corrected chi connectivity index (χ4v) is 2.87. The Balaban J connectivity index is 2.13. The monoisotopic (exact) mass is 370 g/mol. The molecule has 0 fully saturated rings. The molecule has 0 unspecified atom stereocenters. The van der Waals surface area contributed by atoms with Crippen LogP contribution in [0, 0.1) is 0 Å². The second-order valence-electron chi connectivity index (χ2n) is 5.65. The van der Waals surface area contributed by atoms with E-state index >= 15 is 0 Å². The maximum absolute atomic E-state index is 13.0. The van der Waals surface area contributed by atoms with Crippen molar-refractivity contribution in [3.63, 3.8) is 0 Å². The molecule has 1 heterocycles. The average molecular weight is 371 g/mol. The van der Waals surface area contributed by atoms with Gasteiger partial charge in [-0.2, -0.15) is 0 Å². The predicted octanol–water partition coefficient (Wildman–Crippen LogP) is 3.80. The second kappa shape index (κ2) is 7.01. The molecule has 3 aromatic rings. The molecule has 26 heavy (non-hydrogen) atoms. The van der Waals surface area contributed by atoms with Crippen molar-refractivity contribution < 1.29 is 19.1 Å². The van der Waals surface area contributed by atoms with Crippen LogP contribution in [0.25, 0.3) is 10.9 Å². The van der Waals surface area contributed by atoms with Gasteiger partial charge in [0.2, 0.25) is 11.7 Å². The van der Waals surface area contributed by atoms with Gasteiger partial charge in [0.1, 0.15) is 5.69 Å². The zero-order chi connectivity index (χ0) is 18.8. The van der Waals surface area contributed by atoms with E-state index < -0.39 is 5.97 Å². The molecule has 132 valence electrons. The third-order valence-electron chi connectivity index (χ3n) is 3.83. The van der Waals surface area contributed by atoms with Crippen LogP contribution in [0.2, 0.25) is 5.02 Å². The van der Waals surface area contributed by atoms with E-state index in [-0.39, 0.29) is 28.5 Å². The number of methoxy groups -OCH3 is 1. The molecule has 0 radical (unpaired) electrons. The molecule has 0 bridgehead atoms. The topological polar surface area (TPSA) is 88.3 Å². The third-order valence-corrected chi connectivity index (χ3v) is 4.07. The van der Waals surface area contributed by atoms with Gasteiger partial charge < -0.3 is 15.0 Å². The lowest BCUT2D eigenvalue weighted by atomic mass is 10.0. The lowest BCUT2D eigenvalue weighted by Crippen LogP contribution is -2.11. The van der Waals surface area contributed by atoms with Crippen molar-refractivity contribution in [3.8, 4) is 0 Å². The van der Waals surface area contributed by atoms with Crippen molar-refractivity contribution in [3.05, 3.63) is 64.3 Å². The number of carbonyl (C=O) groups is 3. The Morgan fingerprint density at radius 2 is 1.81 bits per heavy atom. The zero-order valence-corrected chi connectivity index (χ0v) is 14.8. The van der Waals surface area contributed by atoms with Crippen LogP contribution in [0.5, 0.6) is 0 Å². The summed E-state index contributed by atoms with van der Waals surface area (Å²) in [5.41, 5.74) is 1.75. The smallest absolute Gasteiger partial charge is 0.337 e. The summed E-state index contributed by atoms with van der Waals surface area (Å²) in [6.07, 6.45) is 0. The number of hydrogen-bond donors (Lipinski definition) is 2. The first-order valence-corrected chi connectivity index (χ1v) is 8.10. The molecule has 3 rings (SSSR count). The standard InChI is InChI=1S/C19H15ClN2O4/c1-10(23)21-16-14-7-6-13(20)9-15(14)22-17(16)18(24)11-4-3-5-12(8-11)19(25)26-2/h3-9,22H,1-2H3,(H,21,23). The lowest BCUT2D eigenvalue weighted by Gasteiger charge is -2.06. The van der Waals surface area contributed by atoms with Gasteiger partial charge in [-0.15, -0.1) is 0 Å². The highest BCUT2D eigenvalue weighted by molar-refractivity contribution is 6.31. The van der Waals surface area contributed by atoms with Crippen molar-refractivity contribution in [1.82, 2.24) is 4.98 Å². The maximum Gasteiger partial charge on any atom is 0.337 e. The van der Waals surface area contributed by atoms with E-state index in [0.29, 0.717) is 21.6 Å². The minimum Gasteiger partial charge on any atom is -0.465 e. The van der Waals surface area contributed by atoms with Gasteiger partial charge in [0.25, 0.3) is 0 Å². The summed E-state index contributed by atoms with van der Waals surface area (Å²) >= 11 is 6.01. The van der Waals surface area contributed by atoms with E-state index in [9.17, 15) is 14.4 Å². The SMILES string of the molecule is COC(=O)c1cccc(C(=O)c2[nH]c3cc(Cl)ccc3c2NC(C)=O)c1. The number of aromatic nitrogens is 1. The van der Waals surface area contributed by atoms with Crippen LogP contribution in [-0.2, 0) is 9.53 Å². The third kappa shape index (κ3) is 3.32. The van der Waals surface area contributed by atoms with E-state index in [0.717, 1.165) is 0 Å². The van der Waals surface area contributed by atoms with Crippen LogP contribution in [0.1, 0.15) is 33.3 Å². The van der Waals surface area contributed by atoms with Crippen molar-refractivity contribution in [2.24, 2.45) is 0 Å². The number of H-pyrrole nitrogens is 1. The molecule has 2 N–H and O–H groups in total. The number of ether oxygens (including phenoxy) is 1. The first-order valence-electron chi connectivity index (χ1n) is 7.72. The first-order chi connectivity index (χ1) is 12.4. The molecule has 1 amide bonds. The number of benzene rings is 2. The maximum atomic E-state index is 13.0. The molecule has 7 heteroatoms. The highest BCUT2D eigenvalue weighted by Crippen LogP contribution is 2.31. The van der Waals surface area contributed by atoms with Gasteiger partial charge in [-0.05, 0) is 30.3 Å². The second-order valence-corrected chi connectivity index (χ2v) is 6.08. The number of carbonyl (C=O) groups excluding carboxylic acids is 3. The number of hydrogen-bond acceptors (Lipinski definition) is 4. The molecular formula is C19H15ClN2O4. The summed E-state index contributed by atoms with van der Waals surface area (Å²) in [6, 6.07) is 11.3. The van der Waals surface area contributed by atoms with Gasteiger partial charge in [0, 0.05) is 28.4 Å². The van der Waals surface area contributed by atoms with Gasteiger partial charge >= 0.3 is 5.97 Å². The molecule has 0 aliphatic rings. The summed E-state index contributed by atoms with van der Waals surface area (Å²) in [4.78, 5) is 39.3. The number of rotatable bonds is 4. The summed E-state index contributed by atoms with van der Waals surface area (Å²) in [7, 11) is 1.27. The molecule has 0 saturated heterocycles. The number of aromatic amines is 1. The van der Waals surface area contributed by atoms with Gasteiger partial charge in [-0.25, -0.2) is 4.79 Å². The summed E-state index contributed by atoms with van der Waals surface area (Å²) < 4.78 is 4.68. The number of fused-ring (bicyclic) bond motifs is 1. The minimum atomic E-state index is -0.537. The largest absolute Gasteiger partial charge is 0.465 e. The van der Waals surface area contributed by atoms with Crippen LogP contribution in [0.4, 0.5) is 5.69 Å². The Kier molecular flexibility index (Phi) is 4.77. The summed E-state index contributed by atoms with van der Waals surface area (Å²) in [5.74, 6) is -1.21. The van der Waals surface area contributed by atoms with Crippen LogP contribution in [0.3, 0.4) is 0 Å². The average Bonchev–Trinajstić information content (AvgIpc) is 2.97. The highest BCUT2D eigenvalue weighted by Gasteiger charge is 2.21. The predicted molar refractivity (Wildman–Crippen MR) is 98.8 cm³/mol. The van der Waals surface area contributed by atoms with Gasteiger partial charge in [0.05, 0.1) is 18.4 Å². The van der Waals surface area contributed by atoms with Crippen molar-refractivity contribution in [2.75, 3.05) is 12.4 Å². The molecule has 2 aromatic carbocycles. The lowest BCUT2D eigenvalue weighted by molar-refractivity contribution is -0.114. The summed E-state index contributed by atoms with van der Waals surface area (Å²) in [5, 5.41) is 3.85. The fourth-order valence-electron chi connectivity index (χ4n) is 2.70. The minimum absolute atomic E-state index is 0.208. The number of esters is 1. The zero-order valence-electron chi connectivity index (χ0n) is 14.1. The van der Waals surface area contributed by atoms with Gasteiger partial charge in [-0.1, -0.05) is 23.7 Å². The van der Waals surface area contributed by atoms with Gasteiger partial charge in [0.15, 0.2) is 0 Å². The number of amides is 1. The van der Waals surface area contributed by atoms with Crippen molar-refractivity contribution in [2.45, 2.75) is 6.92 Å². The van der Waals surface area contributed by atoms with E-state index in [1.54, 1.807) is 36.4 Å². The normalized spacial score (nSPS) is 10.6. The molecule has 0 saturated carbocycles. The van der Waals surface area contributed by atoms with E-state index in [1.165, 1.54) is 20.1 Å². The number of ketones is 1. The van der Waals surface area contributed by atoms with Crippen molar-refractivity contribution >= 4 is 45.9 Å². The van der Waals surface area contributed by atoms with Crippen LogP contribution < -0.4 is 5.32 Å². The molecule has 0 aliphatic carbocycles. The highest BCUT2D eigenvalue weighted by atomic mass is 35.5. The molecule has 0 spiro atoms. The van der Waals surface area contributed by atoms with E-state index in [1.807, 2.05) is 0 Å². The molecular weight excluding hydrogens is 356 g/mol. The summed E-state index contributed by atoms with van der Waals surface area (Å²) in [6.45, 7) is 1.36. The number of nitrogens with one attached hydrogen (secondary N) is 2. The van der Waals surface area contributed by atoms with E-state index in [4.69, 9.17) is 11.6 Å². The molecule has 1 aromatic heterocycles. The first kappa shape index (κ1) is 17.7. The molecule has 0 aliphatic heterocycles. The van der Waals surface area contributed by atoms with Crippen LogP contribution >= 0.6 is 11.6 Å². The van der Waals surface area contributed by atoms with Crippen LogP contribution in [0.15, 0.2) is 42.5 Å². The Morgan fingerprint density at radius 3 is 2.50 bits per heavy atom. The fraction of sp³-hybridized carbons (Fsp3) is 0.105. The molecule has 6 nitrogen and oxygen atoms in total. The Hall–Kier alpha value is -3.12. The Bertz CT molecular complexity index is 1040. The Labute approximate surface area is 154 Å². The van der Waals surface area contributed by atoms with Gasteiger partial charge in [-0.3, -0.25) is 9.59 Å². The Morgan fingerprint density at radius 1 is 1.08 bits per heavy atom. The number of anilines is 1. The number of halogens is 1. The quantitative estimate of drug-likeness (QED) is 0.540. The van der Waals surface area contributed by atoms with Crippen LogP contribution in [-0.4, -0.2) is 29.8 Å². The molecule has 0 atom stereocenters.